The fourth-order valence-corrected chi connectivity index (χ4v) is 2.78. The van der Waals surface area contributed by atoms with Gasteiger partial charge < -0.3 is 10.4 Å². The number of carboxylic acid groups (broad SMARTS) is 1. The highest BCUT2D eigenvalue weighted by Gasteiger charge is 2.31. The smallest absolute Gasteiger partial charge is 0.326 e. The van der Waals surface area contributed by atoms with Crippen LogP contribution in [0.4, 0.5) is 0 Å². The lowest BCUT2D eigenvalue weighted by molar-refractivity contribution is -0.144. The first-order valence-corrected chi connectivity index (χ1v) is 7.13. The molecule has 1 aliphatic carbocycles. The van der Waals surface area contributed by atoms with Crippen molar-refractivity contribution in [2.45, 2.75) is 64.8 Å². The highest BCUT2D eigenvalue weighted by atomic mass is 16.4. The third kappa shape index (κ3) is 4.00. The predicted octanol–water partition coefficient (Wildman–Crippen LogP) is 2.57. The van der Waals surface area contributed by atoms with Crippen molar-refractivity contribution < 1.29 is 14.7 Å². The second kappa shape index (κ2) is 7.39. The van der Waals surface area contributed by atoms with Gasteiger partial charge in [-0.05, 0) is 31.6 Å². The average molecular weight is 255 g/mol. The molecule has 0 radical (unpaired) electrons. The highest BCUT2D eigenvalue weighted by Crippen LogP contribution is 2.27. The maximum absolute atomic E-state index is 12.0. The van der Waals surface area contributed by atoms with Crippen LogP contribution in [0.25, 0.3) is 0 Å². The number of hydrogen-bond donors (Lipinski definition) is 2. The Bertz CT molecular complexity index is 281. The molecule has 1 rings (SSSR count). The van der Waals surface area contributed by atoms with E-state index in [4.69, 9.17) is 0 Å². The molecule has 0 bridgehead atoms. The van der Waals surface area contributed by atoms with E-state index in [1.807, 2.05) is 13.8 Å². The van der Waals surface area contributed by atoms with Gasteiger partial charge in [0.2, 0.25) is 5.91 Å². The molecule has 4 heteroatoms. The summed E-state index contributed by atoms with van der Waals surface area (Å²) in [7, 11) is 0. The zero-order valence-electron chi connectivity index (χ0n) is 11.4. The van der Waals surface area contributed by atoms with Gasteiger partial charge in [-0.25, -0.2) is 4.79 Å². The third-order valence-corrected chi connectivity index (χ3v) is 4.04. The van der Waals surface area contributed by atoms with Gasteiger partial charge in [-0.3, -0.25) is 4.79 Å². The number of carboxylic acids is 1. The summed E-state index contributed by atoms with van der Waals surface area (Å²) in [6.07, 6.45) is 6.70. The minimum atomic E-state index is -0.888. The Balaban J connectivity index is 2.62. The Labute approximate surface area is 109 Å². The number of rotatable bonds is 6. The first-order valence-electron chi connectivity index (χ1n) is 7.13. The van der Waals surface area contributed by atoms with Crippen molar-refractivity contribution in [3.8, 4) is 0 Å². The van der Waals surface area contributed by atoms with Gasteiger partial charge in [0.1, 0.15) is 6.04 Å². The van der Waals surface area contributed by atoms with Crippen molar-refractivity contribution in [1.29, 1.82) is 0 Å². The first kappa shape index (κ1) is 15.0. The fraction of sp³-hybridized carbons (Fsp3) is 0.857. The second-order valence-corrected chi connectivity index (χ2v) is 5.24. The molecule has 1 amide bonds. The summed E-state index contributed by atoms with van der Waals surface area (Å²) < 4.78 is 0. The van der Waals surface area contributed by atoms with Crippen LogP contribution >= 0.6 is 0 Å². The Morgan fingerprint density at radius 3 is 2.17 bits per heavy atom. The van der Waals surface area contributed by atoms with Crippen LogP contribution in [0.2, 0.25) is 0 Å². The van der Waals surface area contributed by atoms with Crippen LogP contribution in [0.5, 0.6) is 0 Å². The number of carbonyl (C=O) groups is 2. The molecule has 0 aromatic rings. The van der Waals surface area contributed by atoms with E-state index in [-0.39, 0.29) is 17.7 Å². The number of carbonyl (C=O) groups excluding carboxylic acids is 1. The van der Waals surface area contributed by atoms with Crippen LogP contribution in [0.15, 0.2) is 0 Å². The molecule has 1 atom stereocenters. The van der Waals surface area contributed by atoms with E-state index in [1.165, 1.54) is 6.42 Å². The molecule has 0 saturated heterocycles. The van der Waals surface area contributed by atoms with Crippen molar-refractivity contribution in [2.75, 3.05) is 0 Å². The maximum Gasteiger partial charge on any atom is 0.326 e. The minimum absolute atomic E-state index is 0.0598. The summed E-state index contributed by atoms with van der Waals surface area (Å²) in [5.41, 5.74) is 0. The molecular formula is C14H25NO3. The van der Waals surface area contributed by atoms with Crippen LogP contribution in [0.3, 0.4) is 0 Å². The standard InChI is InChI=1S/C14H25NO3/c1-3-10(4-2)13(16)15-12(14(17)18)11-8-6-5-7-9-11/h10-12H,3-9H2,1-2H3,(H,15,16)(H,17,18). The van der Waals surface area contributed by atoms with Crippen molar-refractivity contribution in [2.24, 2.45) is 11.8 Å². The molecule has 0 heterocycles. The summed E-state index contributed by atoms with van der Waals surface area (Å²) in [5.74, 6) is -0.941. The van der Waals surface area contributed by atoms with Crippen molar-refractivity contribution in [1.82, 2.24) is 5.32 Å². The maximum atomic E-state index is 12.0. The Kier molecular flexibility index (Phi) is 6.16. The van der Waals surface area contributed by atoms with Gasteiger partial charge >= 0.3 is 5.97 Å². The monoisotopic (exact) mass is 255 g/mol. The number of amides is 1. The molecule has 18 heavy (non-hydrogen) atoms. The van der Waals surface area contributed by atoms with E-state index >= 15 is 0 Å². The van der Waals surface area contributed by atoms with Crippen LogP contribution in [-0.4, -0.2) is 23.0 Å². The number of nitrogens with one attached hydrogen (secondary N) is 1. The molecule has 2 N–H and O–H groups in total. The van der Waals surface area contributed by atoms with E-state index in [0.717, 1.165) is 38.5 Å². The lowest BCUT2D eigenvalue weighted by Crippen LogP contribution is -2.48. The number of hydrogen-bond acceptors (Lipinski definition) is 2. The van der Waals surface area contributed by atoms with Gasteiger partial charge in [-0.2, -0.15) is 0 Å². The molecule has 0 spiro atoms. The molecule has 1 fully saturated rings. The SMILES string of the molecule is CCC(CC)C(=O)NC(C(=O)O)C1CCCCC1. The van der Waals surface area contributed by atoms with Crippen LogP contribution in [0, 0.1) is 11.8 Å². The van der Waals surface area contributed by atoms with Crippen molar-refractivity contribution in [3.63, 3.8) is 0 Å². The number of aliphatic carboxylic acids is 1. The molecule has 0 aromatic carbocycles. The van der Waals surface area contributed by atoms with E-state index < -0.39 is 12.0 Å². The van der Waals surface area contributed by atoms with Gasteiger partial charge in [0, 0.05) is 5.92 Å². The molecule has 104 valence electrons. The molecule has 1 saturated carbocycles. The summed E-state index contributed by atoms with van der Waals surface area (Å²) in [6, 6.07) is -0.696. The zero-order chi connectivity index (χ0) is 13.5. The second-order valence-electron chi connectivity index (χ2n) is 5.24. The van der Waals surface area contributed by atoms with E-state index in [9.17, 15) is 14.7 Å². The van der Waals surface area contributed by atoms with E-state index in [0.29, 0.717) is 0 Å². The van der Waals surface area contributed by atoms with Crippen molar-refractivity contribution in [3.05, 3.63) is 0 Å². The Morgan fingerprint density at radius 2 is 1.72 bits per heavy atom. The Hall–Kier alpha value is -1.06. The summed E-state index contributed by atoms with van der Waals surface area (Å²) in [4.78, 5) is 23.3. The van der Waals surface area contributed by atoms with Gasteiger partial charge in [-0.15, -0.1) is 0 Å². The molecule has 1 aliphatic rings. The van der Waals surface area contributed by atoms with Gasteiger partial charge in [0.15, 0.2) is 0 Å². The van der Waals surface area contributed by atoms with Crippen LogP contribution < -0.4 is 5.32 Å². The third-order valence-electron chi connectivity index (χ3n) is 4.04. The molecule has 1 unspecified atom stereocenters. The fourth-order valence-electron chi connectivity index (χ4n) is 2.78. The topological polar surface area (TPSA) is 66.4 Å². The zero-order valence-corrected chi connectivity index (χ0v) is 11.4. The van der Waals surface area contributed by atoms with Crippen molar-refractivity contribution >= 4 is 11.9 Å². The normalized spacial score (nSPS) is 18.6. The van der Waals surface area contributed by atoms with Crippen LogP contribution in [-0.2, 0) is 9.59 Å². The van der Waals surface area contributed by atoms with Gasteiger partial charge in [0.25, 0.3) is 0 Å². The lowest BCUT2D eigenvalue weighted by atomic mass is 9.83. The molecule has 4 nitrogen and oxygen atoms in total. The largest absolute Gasteiger partial charge is 0.480 e. The van der Waals surface area contributed by atoms with Gasteiger partial charge in [-0.1, -0.05) is 33.1 Å². The highest BCUT2D eigenvalue weighted by molar-refractivity contribution is 5.85. The summed E-state index contributed by atoms with van der Waals surface area (Å²) in [5, 5.41) is 12.0. The van der Waals surface area contributed by atoms with Crippen LogP contribution in [0.1, 0.15) is 58.8 Å². The average Bonchev–Trinajstić information content (AvgIpc) is 2.38. The molecule has 0 aromatic heterocycles. The van der Waals surface area contributed by atoms with E-state index in [2.05, 4.69) is 5.32 Å². The lowest BCUT2D eigenvalue weighted by Gasteiger charge is -2.29. The predicted molar refractivity (Wildman–Crippen MR) is 70.2 cm³/mol. The molecular weight excluding hydrogens is 230 g/mol. The summed E-state index contributed by atoms with van der Waals surface area (Å²) >= 11 is 0. The minimum Gasteiger partial charge on any atom is -0.480 e. The van der Waals surface area contributed by atoms with Gasteiger partial charge in [0.05, 0.1) is 0 Å². The molecule has 0 aliphatic heterocycles. The van der Waals surface area contributed by atoms with E-state index in [1.54, 1.807) is 0 Å². The first-order chi connectivity index (χ1) is 8.60. The summed E-state index contributed by atoms with van der Waals surface area (Å²) in [6.45, 7) is 3.92. The Morgan fingerprint density at radius 1 is 1.17 bits per heavy atom. The quantitative estimate of drug-likeness (QED) is 0.766.